The van der Waals surface area contributed by atoms with E-state index < -0.39 is 11.3 Å². The van der Waals surface area contributed by atoms with Gasteiger partial charge in [0, 0.05) is 0 Å². The second-order valence-electron chi connectivity index (χ2n) is 4.74. The fraction of sp³-hybridized carbons (Fsp3) is 0.615. The van der Waals surface area contributed by atoms with E-state index in [9.17, 15) is 10.4 Å². The van der Waals surface area contributed by atoms with Gasteiger partial charge in [-0.1, -0.05) is 18.6 Å². The summed E-state index contributed by atoms with van der Waals surface area (Å²) in [6.45, 7) is 0. The van der Waals surface area contributed by atoms with Gasteiger partial charge in [0.1, 0.15) is 11.3 Å². The highest BCUT2D eigenvalue weighted by Gasteiger charge is 2.37. The van der Waals surface area contributed by atoms with Crippen LogP contribution in [0.1, 0.15) is 38.5 Å². The Morgan fingerprint density at radius 1 is 1.12 bits per heavy atom. The highest BCUT2D eigenvalue weighted by Crippen LogP contribution is 2.29. The topological polar surface area (TPSA) is 56.0 Å². The second-order valence-corrected chi connectivity index (χ2v) is 4.74. The zero-order valence-electron chi connectivity index (χ0n) is 9.45. The third-order valence-corrected chi connectivity index (χ3v) is 3.34. The molecule has 0 aromatic rings. The number of rotatable bonds is 2. The van der Waals surface area contributed by atoms with Crippen LogP contribution in [0.2, 0.25) is 0 Å². The lowest BCUT2D eigenvalue weighted by Gasteiger charge is -2.38. The maximum atomic E-state index is 10.4. The quantitative estimate of drug-likeness (QED) is 0.550. The van der Waals surface area contributed by atoms with Crippen molar-refractivity contribution in [1.29, 1.82) is 5.26 Å². The van der Waals surface area contributed by atoms with Gasteiger partial charge < -0.3 is 5.11 Å². The minimum Gasteiger partial charge on any atom is -0.376 e. The molecular formula is C13H18N2O. The molecule has 0 saturated heterocycles. The van der Waals surface area contributed by atoms with Gasteiger partial charge >= 0.3 is 0 Å². The van der Waals surface area contributed by atoms with Crippen molar-refractivity contribution in [2.24, 2.45) is 0 Å². The second kappa shape index (κ2) is 4.40. The van der Waals surface area contributed by atoms with Gasteiger partial charge in [0.2, 0.25) is 0 Å². The van der Waals surface area contributed by atoms with Gasteiger partial charge in [-0.25, -0.2) is 0 Å². The Labute approximate surface area is 96.5 Å². The lowest BCUT2D eigenvalue weighted by atomic mass is 9.87. The smallest absolute Gasteiger partial charge is 0.146 e. The van der Waals surface area contributed by atoms with E-state index in [0.717, 1.165) is 32.1 Å². The summed E-state index contributed by atoms with van der Waals surface area (Å²) in [6.07, 6.45) is 13.2. The first kappa shape index (κ1) is 11.4. The van der Waals surface area contributed by atoms with Crippen LogP contribution < -0.4 is 5.32 Å². The Bertz CT molecular complexity index is 333. The van der Waals surface area contributed by atoms with Crippen molar-refractivity contribution >= 4 is 0 Å². The van der Waals surface area contributed by atoms with Gasteiger partial charge in [-0.2, -0.15) is 5.26 Å². The molecule has 0 radical (unpaired) electrons. The molecule has 2 aliphatic carbocycles. The summed E-state index contributed by atoms with van der Waals surface area (Å²) in [7, 11) is 0. The molecule has 3 nitrogen and oxygen atoms in total. The van der Waals surface area contributed by atoms with Crippen LogP contribution in [0.25, 0.3) is 0 Å². The van der Waals surface area contributed by atoms with Crippen LogP contribution in [0, 0.1) is 11.3 Å². The van der Waals surface area contributed by atoms with Crippen molar-refractivity contribution in [1.82, 2.24) is 5.32 Å². The van der Waals surface area contributed by atoms with Crippen molar-refractivity contribution in [2.75, 3.05) is 0 Å². The number of hydrogen-bond donors (Lipinski definition) is 2. The molecule has 3 heteroatoms. The number of nitrogens with zero attached hydrogens (tertiary/aromatic N) is 1. The largest absolute Gasteiger partial charge is 0.376 e. The lowest BCUT2D eigenvalue weighted by Crippen LogP contribution is -2.57. The molecule has 0 spiro atoms. The van der Waals surface area contributed by atoms with Crippen LogP contribution in [0.5, 0.6) is 0 Å². The summed E-state index contributed by atoms with van der Waals surface area (Å²) >= 11 is 0. The van der Waals surface area contributed by atoms with E-state index in [1.165, 1.54) is 6.42 Å². The van der Waals surface area contributed by atoms with Gasteiger partial charge in [-0.05, 0) is 44.3 Å². The fourth-order valence-electron chi connectivity index (χ4n) is 2.47. The Balaban J connectivity index is 2.12. The van der Waals surface area contributed by atoms with Crippen LogP contribution in [-0.4, -0.2) is 16.4 Å². The molecule has 2 rings (SSSR count). The molecule has 0 bridgehead atoms. The summed E-state index contributed by atoms with van der Waals surface area (Å²) in [4.78, 5) is 0. The third-order valence-electron chi connectivity index (χ3n) is 3.34. The van der Waals surface area contributed by atoms with Gasteiger partial charge in [0.15, 0.2) is 0 Å². The maximum absolute atomic E-state index is 10.4. The molecule has 0 aromatic carbocycles. The number of aliphatic hydroxyl groups is 1. The van der Waals surface area contributed by atoms with Crippen LogP contribution in [0.15, 0.2) is 24.3 Å². The van der Waals surface area contributed by atoms with Gasteiger partial charge in [-0.15, -0.1) is 0 Å². The highest BCUT2D eigenvalue weighted by molar-refractivity contribution is 5.34. The molecular weight excluding hydrogens is 200 g/mol. The molecule has 0 amide bonds. The molecule has 0 aliphatic heterocycles. The van der Waals surface area contributed by atoms with Gasteiger partial charge in [0.05, 0.1) is 6.07 Å². The summed E-state index contributed by atoms with van der Waals surface area (Å²) < 4.78 is 0. The van der Waals surface area contributed by atoms with E-state index in [2.05, 4.69) is 11.4 Å². The van der Waals surface area contributed by atoms with Crippen LogP contribution in [0.4, 0.5) is 0 Å². The van der Waals surface area contributed by atoms with Gasteiger partial charge in [-0.3, -0.25) is 5.32 Å². The summed E-state index contributed by atoms with van der Waals surface area (Å²) in [6, 6.07) is 2.25. The van der Waals surface area contributed by atoms with Crippen molar-refractivity contribution in [2.45, 2.75) is 49.8 Å². The lowest BCUT2D eigenvalue weighted by molar-refractivity contribution is -0.0363. The first-order valence-electron chi connectivity index (χ1n) is 5.96. The Morgan fingerprint density at radius 3 is 2.31 bits per heavy atom. The Hall–Kier alpha value is -1.11. The molecule has 1 saturated carbocycles. The summed E-state index contributed by atoms with van der Waals surface area (Å²) in [5.74, 6) is 0. The number of nitriles is 1. The monoisotopic (exact) mass is 218 g/mol. The molecule has 0 unspecified atom stereocenters. The molecule has 0 heterocycles. The summed E-state index contributed by atoms with van der Waals surface area (Å²) in [5.41, 5.74) is -1.69. The molecule has 0 aromatic heterocycles. The number of allylic oxidation sites excluding steroid dienone is 2. The zero-order valence-corrected chi connectivity index (χ0v) is 9.45. The van der Waals surface area contributed by atoms with Crippen molar-refractivity contribution in [3.05, 3.63) is 24.3 Å². The average molecular weight is 218 g/mol. The van der Waals surface area contributed by atoms with E-state index in [1.54, 1.807) is 0 Å². The third kappa shape index (κ3) is 2.34. The van der Waals surface area contributed by atoms with Crippen molar-refractivity contribution < 1.29 is 5.11 Å². The zero-order chi connectivity index (χ0) is 11.5. The first-order valence-corrected chi connectivity index (χ1v) is 5.96. The molecule has 16 heavy (non-hydrogen) atoms. The molecule has 86 valence electrons. The normalized spacial score (nSPS) is 26.2. The van der Waals surface area contributed by atoms with E-state index in [4.69, 9.17) is 0 Å². The van der Waals surface area contributed by atoms with E-state index in [0.29, 0.717) is 0 Å². The van der Waals surface area contributed by atoms with E-state index in [-0.39, 0.29) is 0 Å². The molecule has 1 fully saturated rings. The maximum Gasteiger partial charge on any atom is 0.146 e. The Kier molecular flexibility index (Phi) is 3.13. The standard InChI is InChI=1S/C13H18N2O/c14-11-12(7-3-1-4-8-12)15-13(16)9-5-2-6-10-13/h3-4,7-8,15-16H,1-2,5-6,9-10H2. The van der Waals surface area contributed by atoms with E-state index >= 15 is 0 Å². The van der Waals surface area contributed by atoms with Crippen LogP contribution in [-0.2, 0) is 0 Å². The Morgan fingerprint density at radius 2 is 1.75 bits per heavy atom. The fourth-order valence-corrected chi connectivity index (χ4v) is 2.47. The minimum absolute atomic E-state index is 0.734. The molecule has 0 atom stereocenters. The predicted molar refractivity (Wildman–Crippen MR) is 62.4 cm³/mol. The highest BCUT2D eigenvalue weighted by atomic mass is 16.3. The molecule has 2 aliphatic rings. The van der Waals surface area contributed by atoms with E-state index in [1.807, 2.05) is 24.3 Å². The number of hydrogen-bond acceptors (Lipinski definition) is 3. The first-order chi connectivity index (χ1) is 7.68. The number of nitrogens with one attached hydrogen (secondary N) is 1. The predicted octanol–water partition coefficient (Wildman–Crippen LogP) is 2.01. The SMILES string of the molecule is N#CC1(NC2(O)CCCCC2)C=CCC=C1. The van der Waals surface area contributed by atoms with Crippen molar-refractivity contribution in [3.63, 3.8) is 0 Å². The van der Waals surface area contributed by atoms with Crippen molar-refractivity contribution in [3.8, 4) is 6.07 Å². The van der Waals surface area contributed by atoms with Crippen LogP contribution >= 0.6 is 0 Å². The minimum atomic E-state index is -0.875. The molecule has 2 N–H and O–H groups in total. The summed E-state index contributed by atoms with van der Waals surface area (Å²) in [5, 5.41) is 22.8. The van der Waals surface area contributed by atoms with Gasteiger partial charge in [0.25, 0.3) is 0 Å². The average Bonchev–Trinajstić information content (AvgIpc) is 2.30. The van der Waals surface area contributed by atoms with Crippen LogP contribution in [0.3, 0.4) is 0 Å².